The average molecular weight is 464 g/mol. The predicted molar refractivity (Wildman–Crippen MR) is 118 cm³/mol. The summed E-state index contributed by atoms with van der Waals surface area (Å²) in [5.41, 5.74) is 0.887. The topological polar surface area (TPSA) is 127 Å². The normalized spacial score (nSPS) is 21.1. The van der Waals surface area contributed by atoms with Crippen molar-refractivity contribution in [3.05, 3.63) is 54.4 Å². The Morgan fingerprint density at radius 1 is 1.25 bits per heavy atom. The number of nitrogens with zero attached hydrogens (tertiary/aromatic N) is 1. The number of methoxy groups -OCH3 is 1. The first-order chi connectivity index (χ1) is 15.4. The largest absolute Gasteiger partial charge is 0.497 e. The molecule has 1 amide bonds. The molecule has 0 radical (unpaired) electrons. The molecule has 1 aromatic carbocycles. The van der Waals surface area contributed by atoms with Crippen LogP contribution in [0, 0.1) is 0 Å². The number of hydrogen-bond donors (Lipinski definition) is 3. The highest BCUT2D eigenvalue weighted by molar-refractivity contribution is 7.89. The Hall–Kier alpha value is -2.53. The van der Waals surface area contributed by atoms with E-state index in [1.54, 1.807) is 36.7 Å². The summed E-state index contributed by atoms with van der Waals surface area (Å²) in [6.45, 7) is 0.128. The van der Waals surface area contributed by atoms with Crippen LogP contribution in [-0.2, 0) is 26.0 Å². The zero-order valence-electron chi connectivity index (χ0n) is 17.9. The number of carbonyl (C=O) groups excluding carboxylic acids is 1. The van der Waals surface area contributed by atoms with Gasteiger partial charge in [-0.3, -0.25) is 9.78 Å². The lowest BCUT2D eigenvalue weighted by Crippen LogP contribution is -2.51. The van der Waals surface area contributed by atoms with Crippen molar-refractivity contribution in [2.75, 3.05) is 20.3 Å². The standard InChI is InChI=1S/C22H29N3O6S/c1-30-18-3-2-4-19(14-18)32(28,29)25-20-6-5-17(31-21(20)15-26)9-12-24-22(27)13-16-7-10-23-11-8-16/h2-4,7-8,10-11,14,17,20-21,25-26H,5-6,9,12-13,15H2,1H3,(H,24,27)/t17-,20+,21-/m0/s1. The second kappa shape index (κ2) is 11.4. The highest BCUT2D eigenvalue weighted by atomic mass is 32.2. The molecule has 2 heterocycles. The zero-order valence-corrected chi connectivity index (χ0v) is 18.8. The van der Waals surface area contributed by atoms with E-state index in [1.807, 2.05) is 0 Å². The van der Waals surface area contributed by atoms with Crippen molar-refractivity contribution in [2.24, 2.45) is 0 Å². The van der Waals surface area contributed by atoms with Crippen LogP contribution in [0.3, 0.4) is 0 Å². The van der Waals surface area contributed by atoms with Crippen molar-refractivity contribution in [3.8, 4) is 5.75 Å². The minimum absolute atomic E-state index is 0.0883. The molecule has 2 aromatic rings. The molecule has 1 aliphatic rings. The van der Waals surface area contributed by atoms with Crippen molar-refractivity contribution in [2.45, 2.75) is 48.8 Å². The number of hydrogen-bond acceptors (Lipinski definition) is 7. The molecule has 3 atom stereocenters. The van der Waals surface area contributed by atoms with E-state index in [1.165, 1.54) is 19.2 Å². The monoisotopic (exact) mass is 463 g/mol. The van der Waals surface area contributed by atoms with Crippen LogP contribution in [0.5, 0.6) is 5.75 Å². The van der Waals surface area contributed by atoms with Gasteiger partial charge in [0, 0.05) is 25.0 Å². The highest BCUT2D eigenvalue weighted by Gasteiger charge is 2.34. The molecule has 0 spiro atoms. The molecular formula is C22H29N3O6S. The molecule has 1 fully saturated rings. The summed E-state index contributed by atoms with van der Waals surface area (Å²) < 4.78 is 39.2. The lowest BCUT2D eigenvalue weighted by atomic mass is 9.98. The smallest absolute Gasteiger partial charge is 0.241 e. The van der Waals surface area contributed by atoms with Gasteiger partial charge in [-0.2, -0.15) is 0 Å². The van der Waals surface area contributed by atoms with Gasteiger partial charge in [-0.25, -0.2) is 13.1 Å². The Labute approximate surface area is 188 Å². The number of pyridine rings is 1. The van der Waals surface area contributed by atoms with Crippen LogP contribution in [0.25, 0.3) is 0 Å². The van der Waals surface area contributed by atoms with Crippen molar-refractivity contribution in [1.29, 1.82) is 0 Å². The van der Waals surface area contributed by atoms with E-state index in [4.69, 9.17) is 9.47 Å². The lowest BCUT2D eigenvalue weighted by Gasteiger charge is -2.36. The third-order valence-electron chi connectivity index (χ3n) is 5.36. The van der Waals surface area contributed by atoms with Gasteiger partial charge in [0.2, 0.25) is 15.9 Å². The van der Waals surface area contributed by atoms with Crippen LogP contribution in [-0.4, -0.2) is 62.9 Å². The molecule has 3 N–H and O–H groups in total. The van der Waals surface area contributed by atoms with E-state index in [9.17, 15) is 18.3 Å². The van der Waals surface area contributed by atoms with Crippen LogP contribution in [0.15, 0.2) is 53.7 Å². The Bertz CT molecular complexity index is 986. The number of ether oxygens (including phenoxy) is 2. The molecule has 1 saturated heterocycles. The van der Waals surface area contributed by atoms with Crippen LogP contribution in [0.2, 0.25) is 0 Å². The summed E-state index contributed by atoms with van der Waals surface area (Å²) in [5.74, 6) is 0.354. The van der Waals surface area contributed by atoms with Gasteiger partial charge in [0.25, 0.3) is 0 Å². The molecule has 0 aliphatic carbocycles. The van der Waals surface area contributed by atoms with Gasteiger partial charge < -0.3 is 19.9 Å². The molecule has 0 saturated carbocycles. The molecular weight excluding hydrogens is 434 g/mol. The summed E-state index contributed by atoms with van der Waals surface area (Å²) >= 11 is 0. The zero-order chi connectivity index (χ0) is 23.0. The molecule has 10 heteroatoms. The minimum atomic E-state index is -3.79. The fraction of sp³-hybridized carbons (Fsp3) is 0.455. The van der Waals surface area contributed by atoms with E-state index in [2.05, 4.69) is 15.0 Å². The van der Waals surface area contributed by atoms with Crippen LogP contribution in [0.1, 0.15) is 24.8 Å². The number of amides is 1. The Kier molecular flexibility index (Phi) is 8.57. The molecule has 32 heavy (non-hydrogen) atoms. The number of sulfonamides is 1. The average Bonchev–Trinajstić information content (AvgIpc) is 2.80. The molecule has 0 bridgehead atoms. The third kappa shape index (κ3) is 6.73. The first-order valence-electron chi connectivity index (χ1n) is 10.5. The summed E-state index contributed by atoms with van der Waals surface area (Å²) in [6.07, 6.45) is 4.44. The van der Waals surface area contributed by atoms with Crippen LogP contribution < -0.4 is 14.8 Å². The summed E-state index contributed by atoms with van der Waals surface area (Å²) in [4.78, 5) is 16.1. The first-order valence-corrected chi connectivity index (χ1v) is 12.0. The fourth-order valence-corrected chi connectivity index (χ4v) is 4.97. The SMILES string of the molecule is COc1cccc(S(=O)(=O)N[C@@H]2CC[C@@H](CCNC(=O)Cc3ccncc3)O[C@H]2CO)c1. The number of rotatable bonds is 10. The van der Waals surface area contributed by atoms with E-state index in [0.29, 0.717) is 31.6 Å². The number of aliphatic hydroxyl groups is 1. The minimum Gasteiger partial charge on any atom is -0.497 e. The van der Waals surface area contributed by atoms with Crippen molar-refractivity contribution in [3.63, 3.8) is 0 Å². The molecule has 1 aliphatic heterocycles. The predicted octanol–water partition coefficient (Wildman–Crippen LogP) is 1.03. The summed E-state index contributed by atoms with van der Waals surface area (Å²) in [7, 11) is -2.32. The van der Waals surface area contributed by atoms with Gasteiger partial charge in [-0.05, 0) is 49.1 Å². The van der Waals surface area contributed by atoms with Crippen molar-refractivity contribution in [1.82, 2.24) is 15.0 Å². The molecule has 1 aromatic heterocycles. The van der Waals surface area contributed by atoms with Gasteiger partial charge in [0.1, 0.15) is 5.75 Å². The highest BCUT2D eigenvalue weighted by Crippen LogP contribution is 2.24. The first kappa shape index (κ1) is 24.1. The molecule has 174 valence electrons. The summed E-state index contributed by atoms with van der Waals surface area (Å²) in [5, 5.41) is 12.6. The Morgan fingerprint density at radius 2 is 2.03 bits per heavy atom. The van der Waals surface area contributed by atoms with Crippen LogP contribution >= 0.6 is 0 Å². The van der Waals surface area contributed by atoms with E-state index in [-0.39, 0.29) is 29.9 Å². The maximum Gasteiger partial charge on any atom is 0.241 e. The molecule has 0 unspecified atom stereocenters. The number of carbonyl (C=O) groups is 1. The Morgan fingerprint density at radius 3 is 2.75 bits per heavy atom. The van der Waals surface area contributed by atoms with Crippen molar-refractivity contribution < 1.29 is 27.8 Å². The maximum atomic E-state index is 12.8. The molecule has 3 rings (SSSR count). The Balaban J connectivity index is 1.48. The van der Waals surface area contributed by atoms with Crippen LogP contribution in [0.4, 0.5) is 0 Å². The fourth-order valence-electron chi connectivity index (χ4n) is 3.64. The van der Waals surface area contributed by atoms with E-state index >= 15 is 0 Å². The summed E-state index contributed by atoms with van der Waals surface area (Å²) in [6, 6.07) is 9.24. The third-order valence-corrected chi connectivity index (χ3v) is 6.84. The number of aliphatic hydroxyl groups excluding tert-OH is 1. The quantitative estimate of drug-likeness (QED) is 0.480. The van der Waals surface area contributed by atoms with E-state index in [0.717, 1.165) is 5.56 Å². The van der Waals surface area contributed by atoms with Gasteiger partial charge in [-0.15, -0.1) is 0 Å². The van der Waals surface area contributed by atoms with Crippen molar-refractivity contribution >= 4 is 15.9 Å². The van der Waals surface area contributed by atoms with E-state index < -0.39 is 22.2 Å². The second-order valence-corrected chi connectivity index (χ2v) is 9.35. The lowest BCUT2D eigenvalue weighted by molar-refractivity contribution is -0.121. The van der Waals surface area contributed by atoms with Gasteiger partial charge in [0.15, 0.2) is 0 Å². The number of nitrogens with one attached hydrogen (secondary N) is 2. The van der Waals surface area contributed by atoms with Gasteiger partial charge in [0.05, 0.1) is 43.3 Å². The van der Waals surface area contributed by atoms with Gasteiger partial charge >= 0.3 is 0 Å². The number of benzene rings is 1. The van der Waals surface area contributed by atoms with Gasteiger partial charge in [-0.1, -0.05) is 6.07 Å². The number of aromatic nitrogens is 1. The second-order valence-electron chi connectivity index (χ2n) is 7.63. The molecule has 9 nitrogen and oxygen atoms in total. The maximum absolute atomic E-state index is 12.8.